The second-order valence-electron chi connectivity index (χ2n) is 10.4. The van der Waals surface area contributed by atoms with E-state index in [1.54, 1.807) is 20.8 Å². The van der Waals surface area contributed by atoms with Crippen LogP contribution in [-0.4, -0.2) is 54.3 Å². The summed E-state index contributed by atoms with van der Waals surface area (Å²) >= 11 is 0. The van der Waals surface area contributed by atoms with Gasteiger partial charge in [-0.25, -0.2) is 4.79 Å². The number of likely N-dealkylation sites (tertiary alicyclic amines) is 1. The molecule has 4 heterocycles. The number of alkyl carbamates (subject to hydrolysis) is 1. The van der Waals surface area contributed by atoms with E-state index in [1.165, 1.54) is 0 Å². The Labute approximate surface area is 210 Å². The molecule has 4 aromatic rings. The van der Waals surface area contributed by atoms with Gasteiger partial charge in [-0.3, -0.25) is 9.20 Å². The third kappa shape index (κ3) is 4.65. The Morgan fingerprint density at radius 2 is 1.92 bits per heavy atom. The Balaban J connectivity index is 1.46. The van der Waals surface area contributed by atoms with Crippen LogP contribution >= 0.6 is 0 Å². The number of para-hydroxylation sites is 1. The van der Waals surface area contributed by atoms with Gasteiger partial charge in [-0.15, -0.1) is 10.2 Å². The molecule has 1 fully saturated rings. The highest BCUT2D eigenvalue weighted by molar-refractivity contribution is 5.89. The highest BCUT2D eigenvalue weighted by Crippen LogP contribution is 2.32. The van der Waals surface area contributed by atoms with Crippen molar-refractivity contribution in [2.75, 3.05) is 6.54 Å². The summed E-state index contributed by atoms with van der Waals surface area (Å²) in [4.78, 5) is 28.7. The molecule has 0 aliphatic carbocycles. The predicted molar refractivity (Wildman–Crippen MR) is 136 cm³/mol. The van der Waals surface area contributed by atoms with Crippen molar-refractivity contribution in [1.82, 2.24) is 29.4 Å². The van der Waals surface area contributed by atoms with Crippen molar-refractivity contribution in [2.45, 2.75) is 57.7 Å². The zero-order chi connectivity index (χ0) is 25.4. The van der Waals surface area contributed by atoms with E-state index in [0.29, 0.717) is 13.0 Å². The molecule has 1 aliphatic heterocycles. The van der Waals surface area contributed by atoms with Crippen LogP contribution in [0.4, 0.5) is 4.79 Å². The van der Waals surface area contributed by atoms with Crippen LogP contribution in [0.5, 0.6) is 0 Å². The Morgan fingerprint density at radius 1 is 1.14 bits per heavy atom. The standard InChI is InChI=1S/C27H32N6O3/c1-27(2,3)36-26(35)28-20(16-18-17-31(4)21-11-6-5-10-19(18)21)25(34)32-15-9-12-22(32)24-30-29-23-13-7-8-14-33(23)24/h5-8,10-11,13-14,17,20,22H,9,12,15-16H2,1-4H3,(H,28,35). The summed E-state index contributed by atoms with van der Waals surface area (Å²) in [5.74, 6) is 0.585. The van der Waals surface area contributed by atoms with Gasteiger partial charge in [0.2, 0.25) is 5.91 Å². The highest BCUT2D eigenvalue weighted by Gasteiger charge is 2.38. The second kappa shape index (κ2) is 9.29. The first-order valence-electron chi connectivity index (χ1n) is 12.3. The number of aromatic nitrogens is 4. The molecule has 36 heavy (non-hydrogen) atoms. The molecule has 2 unspecified atom stereocenters. The van der Waals surface area contributed by atoms with Crippen molar-refractivity contribution in [2.24, 2.45) is 7.05 Å². The number of aryl methyl sites for hydroxylation is 1. The van der Waals surface area contributed by atoms with Crippen molar-refractivity contribution in [1.29, 1.82) is 0 Å². The van der Waals surface area contributed by atoms with Crippen LogP contribution < -0.4 is 5.32 Å². The smallest absolute Gasteiger partial charge is 0.408 e. The number of pyridine rings is 1. The van der Waals surface area contributed by atoms with E-state index in [2.05, 4.69) is 15.5 Å². The van der Waals surface area contributed by atoms with E-state index in [9.17, 15) is 9.59 Å². The number of carbonyl (C=O) groups is 2. The van der Waals surface area contributed by atoms with Gasteiger partial charge < -0.3 is 19.5 Å². The second-order valence-corrected chi connectivity index (χ2v) is 10.4. The fraction of sp³-hybridized carbons (Fsp3) is 0.407. The molecule has 1 saturated heterocycles. The number of nitrogens with zero attached hydrogens (tertiary/aromatic N) is 5. The molecule has 2 amide bonds. The normalized spacial score (nSPS) is 17.0. The van der Waals surface area contributed by atoms with E-state index in [0.717, 1.165) is 40.8 Å². The molecule has 9 nitrogen and oxygen atoms in total. The van der Waals surface area contributed by atoms with Crippen molar-refractivity contribution < 1.29 is 14.3 Å². The molecule has 188 valence electrons. The van der Waals surface area contributed by atoms with Gasteiger partial charge in [-0.05, 0) is 57.4 Å². The molecule has 0 saturated carbocycles. The van der Waals surface area contributed by atoms with Crippen LogP contribution in [-0.2, 0) is 23.0 Å². The molecule has 3 aromatic heterocycles. The van der Waals surface area contributed by atoms with Gasteiger partial charge in [-0.2, -0.15) is 0 Å². The van der Waals surface area contributed by atoms with Gasteiger partial charge >= 0.3 is 6.09 Å². The van der Waals surface area contributed by atoms with Crippen LogP contribution in [0, 0.1) is 0 Å². The molecule has 1 aliphatic rings. The number of hydrogen-bond acceptors (Lipinski definition) is 5. The first-order chi connectivity index (χ1) is 17.2. The van der Waals surface area contributed by atoms with Gasteiger partial charge in [0.15, 0.2) is 11.5 Å². The lowest BCUT2D eigenvalue weighted by Gasteiger charge is -2.29. The molecule has 1 N–H and O–H groups in total. The minimum atomic E-state index is -0.787. The van der Waals surface area contributed by atoms with Crippen LogP contribution in [0.2, 0.25) is 0 Å². The molecule has 0 radical (unpaired) electrons. The van der Waals surface area contributed by atoms with Crippen LogP contribution in [0.1, 0.15) is 51.0 Å². The lowest BCUT2D eigenvalue weighted by atomic mass is 10.0. The van der Waals surface area contributed by atoms with Gasteiger partial charge in [0, 0.05) is 43.3 Å². The number of hydrogen-bond donors (Lipinski definition) is 1. The average molecular weight is 489 g/mol. The largest absolute Gasteiger partial charge is 0.444 e. The minimum absolute atomic E-state index is 0.149. The third-order valence-electron chi connectivity index (χ3n) is 6.57. The molecule has 0 spiro atoms. The zero-order valence-electron chi connectivity index (χ0n) is 21.1. The maximum Gasteiger partial charge on any atom is 0.408 e. The van der Waals surface area contributed by atoms with E-state index >= 15 is 0 Å². The van der Waals surface area contributed by atoms with E-state index in [-0.39, 0.29) is 11.9 Å². The lowest BCUT2D eigenvalue weighted by molar-refractivity contribution is -0.134. The zero-order valence-corrected chi connectivity index (χ0v) is 21.1. The van der Waals surface area contributed by atoms with Crippen molar-refractivity contribution in [3.63, 3.8) is 0 Å². The number of fused-ring (bicyclic) bond motifs is 2. The summed E-state index contributed by atoms with van der Waals surface area (Å²) in [6.45, 7) is 6.01. The summed E-state index contributed by atoms with van der Waals surface area (Å²) in [6, 6.07) is 12.8. The number of ether oxygens (including phenoxy) is 1. The summed E-state index contributed by atoms with van der Waals surface area (Å²) < 4.78 is 9.49. The Morgan fingerprint density at radius 3 is 2.72 bits per heavy atom. The maximum absolute atomic E-state index is 14.0. The monoisotopic (exact) mass is 488 g/mol. The molecule has 1 aromatic carbocycles. The number of carbonyl (C=O) groups excluding carboxylic acids is 2. The molecular formula is C27H32N6O3. The summed E-state index contributed by atoms with van der Waals surface area (Å²) in [5.41, 5.74) is 2.13. The number of rotatable bonds is 5. The molecular weight excluding hydrogens is 456 g/mol. The van der Waals surface area contributed by atoms with Crippen LogP contribution in [0.25, 0.3) is 16.6 Å². The summed E-state index contributed by atoms with van der Waals surface area (Å²) in [6.07, 6.45) is 5.32. The third-order valence-corrected chi connectivity index (χ3v) is 6.57. The lowest BCUT2D eigenvalue weighted by Crippen LogP contribution is -2.50. The molecule has 2 atom stereocenters. The Bertz CT molecular complexity index is 1420. The number of nitrogens with one attached hydrogen (secondary N) is 1. The topological polar surface area (TPSA) is 93.8 Å². The van der Waals surface area contributed by atoms with Crippen LogP contribution in [0.15, 0.2) is 54.9 Å². The first-order valence-corrected chi connectivity index (χ1v) is 12.3. The van der Waals surface area contributed by atoms with Gasteiger partial charge in [0.25, 0.3) is 0 Å². The van der Waals surface area contributed by atoms with E-state index < -0.39 is 17.7 Å². The first kappa shape index (κ1) is 23.8. The quantitative estimate of drug-likeness (QED) is 0.458. The van der Waals surface area contributed by atoms with E-state index in [1.807, 2.05) is 75.8 Å². The SMILES string of the molecule is Cn1cc(CC(NC(=O)OC(C)(C)C)C(=O)N2CCCC2c2nnc3ccccn23)c2ccccc21. The van der Waals surface area contributed by atoms with Gasteiger partial charge in [0.1, 0.15) is 11.6 Å². The van der Waals surface area contributed by atoms with Gasteiger partial charge in [-0.1, -0.05) is 24.3 Å². The fourth-order valence-corrected chi connectivity index (χ4v) is 5.04. The average Bonchev–Trinajstić information content (AvgIpc) is 3.54. The highest BCUT2D eigenvalue weighted by atomic mass is 16.6. The molecule has 9 heteroatoms. The molecule has 0 bridgehead atoms. The minimum Gasteiger partial charge on any atom is -0.444 e. The summed E-state index contributed by atoms with van der Waals surface area (Å²) in [5, 5.41) is 12.6. The number of benzene rings is 1. The Hall–Kier alpha value is -3.88. The molecule has 5 rings (SSSR count). The fourth-order valence-electron chi connectivity index (χ4n) is 5.04. The Kier molecular flexibility index (Phi) is 6.15. The summed E-state index contributed by atoms with van der Waals surface area (Å²) in [7, 11) is 1.98. The maximum atomic E-state index is 14.0. The van der Waals surface area contributed by atoms with Crippen molar-refractivity contribution in [3.8, 4) is 0 Å². The number of amides is 2. The van der Waals surface area contributed by atoms with Crippen molar-refractivity contribution in [3.05, 3.63) is 66.2 Å². The van der Waals surface area contributed by atoms with Gasteiger partial charge in [0.05, 0.1) is 6.04 Å². The van der Waals surface area contributed by atoms with Crippen LogP contribution in [0.3, 0.4) is 0 Å². The van der Waals surface area contributed by atoms with Crippen molar-refractivity contribution >= 4 is 28.6 Å². The van der Waals surface area contributed by atoms with E-state index in [4.69, 9.17) is 4.74 Å². The predicted octanol–water partition coefficient (Wildman–Crippen LogP) is 4.02.